The summed E-state index contributed by atoms with van der Waals surface area (Å²) in [5.74, 6) is 0. The van der Waals surface area contributed by atoms with Crippen LogP contribution < -0.4 is 0 Å². The minimum atomic E-state index is -0.383. The van der Waals surface area contributed by atoms with Crippen molar-refractivity contribution in [3.8, 4) is 0 Å². The van der Waals surface area contributed by atoms with Crippen molar-refractivity contribution in [1.82, 2.24) is 9.80 Å². The second-order valence-corrected chi connectivity index (χ2v) is 7.34. The molecule has 2 aliphatic heterocycles. The summed E-state index contributed by atoms with van der Waals surface area (Å²) < 4.78 is 0. The number of benzene rings is 2. The van der Waals surface area contributed by atoms with Crippen LogP contribution in [0.4, 0.5) is 5.69 Å². The molecular weight excluding hydrogens is 356 g/mol. The highest BCUT2D eigenvalue weighted by Gasteiger charge is 2.27. The van der Waals surface area contributed by atoms with Crippen LogP contribution in [-0.2, 0) is 11.4 Å². The van der Waals surface area contributed by atoms with Crippen molar-refractivity contribution in [3.63, 3.8) is 0 Å². The lowest BCUT2D eigenvalue weighted by Gasteiger charge is -2.35. The Labute approximate surface area is 164 Å². The van der Waals surface area contributed by atoms with Gasteiger partial charge in [0, 0.05) is 63.4 Å². The quantitative estimate of drug-likeness (QED) is 0.569. The first-order valence-corrected chi connectivity index (χ1v) is 9.63. The normalized spacial score (nSPS) is 20.6. The molecule has 1 fully saturated rings. The Morgan fingerprint density at radius 3 is 2.54 bits per heavy atom. The molecule has 0 aliphatic carbocycles. The fourth-order valence-electron chi connectivity index (χ4n) is 3.76. The van der Waals surface area contributed by atoms with E-state index in [1.165, 1.54) is 11.6 Å². The lowest BCUT2D eigenvalue weighted by atomic mass is 10.0. The maximum absolute atomic E-state index is 11.0. The van der Waals surface area contributed by atoms with Crippen molar-refractivity contribution in [3.05, 3.63) is 75.8 Å². The smallest absolute Gasteiger partial charge is 0.270 e. The average Bonchev–Trinajstić information content (AvgIpc) is 3.19. The highest BCUT2D eigenvalue weighted by atomic mass is 16.6. The van der Waals surface area contributed by atoms with Crippen LogP contribution >= 0.6 is 0 Å². The van der Waals surface area contributed by atoms with E-state index in [9.17, 15) is 10.1 Å². The van der Waals surface area contributed by atoms with Gasteiger partial charge in [0.15, 0.2) is 0 Å². The predicted octanol–water partition coefficient (Wildman–Crippen LogP) is 2.91. The van der Waals surface area contributed by atoms with Crippen molar-refractivity contribution in [2.75, 3.05) is 32.7 Å². The standard InChI is InChI=1S/C21H24N4O3/c26-25(27)19-8-4-7-18(13-19)21-14-20(28-22-21)16-24-11-9-23(10-12-24)15-17-5-2-1-3-6-17/h1-8,13,20H,9-12,14-16H2. The molecule has 0 saturated carbocycles. The van der Waals surface area contributed by atoms with Gasteiger partial charge in [-0.1, -0.05) is 47.6 Å². The third-order valence-electron chi connectivity index (χ3n) is 5.30. The van der Waals surface area contributed by atoms with Crippen molar-refractivity contribution in [2.45, 2.75) is 19.1 Å². The van der Waals surface area contributed by atoms with Crippen molar-refractivity contribution in [2.24, 2.45) is 5.16 Å². The highest BCUT2D eigenvalue weighted by Crippen LogP contribution is 2.21. The Balaban J connectivity index is 1.25. The van der Waals surface area contributed by atoms with Gasteiger partial charge in [-0.3, -0.25) is 19.9 Å². The first kappa shape index (κ1) is 18.6. The molecule has 0 aromatic heterocycles. The van der Waals surface area contributed by atoms with Crippen molar-refractivity contribution < 1.29 is 9.76 Å². The molecule has 2 aliphatic rings. The van der Waals surface area contributed by atoms with Gasteiger partial charge >= 0.3 is 0 Å². The van der Waals surface area contributed by atoms with Gasteiger partial charge in [-0.05, 0) is 5.56 Å². The van der Waals surface area contributed by atoms with E-state index in [1.54, 1.807) is 12.1 Å². The SMILES string of the molecule is O=[N+]([O-])c1cccc(C2=NOC(CN3CCN(Cc4ccccc4)CC3)C2)c1. The van der Waals surface area contributed by atoms with E-state index in [1.807, 2.05) is 12.1 Å². The lowest BCUT2D eigenvalue weighted by Crippen LogP contribution is -2.48. The number of nitro groups is 1. The molecule has 0 radical (unpaired) electrons. The maximum atomic E-state index is 11.0. The van der Waals surface area contributed by atoms with Crippen LogP contribution in [0, 0.1) is 10.1 Å². The van der Waals surface area contributed by atoms with E-state index in [0.717, 1.165) is 50.5 Å². The molecule has 0 spiro atoms. The monoisotopic (exact) mass is 380 g/mol. The average molecular weight is 380 g/mol. The molecule has 7 heteroatoms. The molecule has 2 aromatic carbocycles. The number of rotatable bonds is 6. The summed E-state index contributed by atoms with van der Waals surface area (Å²) in [4.78, 5) is 21.1. The molecule has 2 heterocycles. The summed E-state index contributed by atoms with van der Waals surface area (Å²) in [5, 5.41) is 15.1. The third-order valence-corrected chi connectivity index (χ3v) is 5.30. The number of piperazine rings is 1. The molecule has 1 saturated heterocycles. The van der Waals surface area contributed by atoms with Crippen LogP contribution in [0.2, 0.25) is 0 Å². The number of hydrogen-bond donors (Lipinski definition) is 0. The van der Waals surface area contributed by atoms with Gasteiger partial charge in [0.2, 0.25) is 0 Å². The Kier molecular flexibility index (Phi) is 5.64. The second-order valence-electron chi connectivity index (χ2n) is 7.34. The summed E-state index contributed by atoms with van der Waals surface area (Å²) >= 11 is 0. The molecule has 1 atom stereocenters. The van der Waals surface area contributed by atoms with Gasteiger partial charge in [-0.2, -0.15) is 0 Å². The van der Waals surface area contributed by atoms with Crippen LogP contribution in [0.1, 0.15) is 17.5 Å². The Bertz CT molecular complexity index is 848. The first-order valence-electron chi connectivity index (χ1n) is 9.63. The molecule has 1 unspecified atom stereocenters. The van der Waals surface area contributed by atoms with E-state index in [-0.39, 0.29) is 16.7 Å². The Morgan fingerprint density at radius 2 is 1.79 bits per heavy atom. The third kappa shape index (κ3) is 4.55. The molecule has 0 bridgehead atoms. The Hall–Kier alpha value is -2.77. The van der Waals surface area contributed by atoms with Gasteiger partial charge < -0.3 is 4.84 Å². The molecular formula is C21H24N4O3. The van der Waals surface area contributed by atoms with E-state index < -0.39 is 0 Å². The zero-order chi connectivity index (χ0) is 19.3. The van der Waals surface area contributed by atoms with Gasteiger partial charge in [0.05, 0.1) is 10.6 Å². The van der Waals surface area contributed by atoms with Gasteiger partial charge in [-0.25, -0.2) is 0 Å². The van der Waals surface area contributed by atoms with Crippen molar-refractivity contribution in [1.29, 1.82) is 0 Å². The zero-order valence-electron chi connectivity index (χ0n) is 15.7. The van der Waals surface area contributed by atoms with Gasteiger partial charge in [0.25, 0.3) is 5.69 Å². The topological polar surface area (TPSA) is 71.2 Å². The number of nitrogens with zero attached hydrogens (tertiary/aromatic N) is 4. The first-order chi connectivity index (χ1) is 13.7. The molecule has 28 heavy (non-hydrogen) atoms. The summed E-state index contributed by atoms with van der Waals surface area (Å²) in [7, 11) is 0. The lowest BCUT2D eigenvalue weighted by molar-refractivity contribution is -0.384. The molecule has 7 nitrogen and oxygen atoms in total. The molecule has 0 amide bonds. The van der Waals surface area contributed by atoms with E-state index in [0.29, 0.717) is 6.42 Å². The van der Waals surface area contributed by atoms with Crippen LogP contribution in [0.5, 0.6) is 0 Å². The molecule has 146 valence electrons. The zero-order valence-corrected chi connectivity index (χ0v) is 15.7. The summed E-state index contributed by atoms with van der Waals surface area (Å²) in [5.41, 5.74) is 2.99. The summed E-state index contributed by atoms with van der Waals surface area (Å²) in [6, 6.07) is 17.2. The largest absolute Gasteiger partial charge is 0.390 e. The molecule has 4 rings (SSSR count). The fraction of sp³-hybridized carbons (Fsp3) is 0.381. The number of nitro benzene ring substituents is 1. The van der Waals surface area contributed by atoms with E-state index >= 15 is 0 Å². The van der Waals surface area contributed by atoms with E-state index in [2.05, 4.69) is 39.2 Å². The Morgan fingerprint density at radius 1 is 1.04 bits per heavy atom. The molecule has 2 aromatic rings. The van der Waals surface area contributed by atoms with E-state index in [4.69, 9.17) is 4.84 Å². The summed E-state index contributed by atoms with van der Waals surface area (Å²) in [6.45, 7) is 5.94. The van der Waals surface area contributed by atoms with Crippen LogP contribution in [0.3, 0.4) is 0 Å². The maximum Gasteiger partial charge on any atom is 0.270 e. The van der Waals surface area contributed by atoms with Crippen LogP contribution in [-0.4, -0.2) is 59.3 Å². The van der Waals surface area contributed by atoms with Gasteiger partial charge in [-0.15, -0.1) is 0 Å². The summed E-state index contributed by atoms with van der Waals surface area (Å²) in [6.07, 6.45) is 0.695. The number of hydrogen-bond acceptors (Lipinski definition) is 6. The fourth-order valence-corrected chi connectivity index (χ4v) is 3.76. The number of oxime groups is 1. The second kappa shape index (κ2) is 8.50. The molecule has 0 N–H and O–H groups in total. The van der Waals surface area contributed by atoms with Crippen LogP contribution in [0.15, 0.2) is 59.8 Å². The predicted molar refractivity (Wildman–Crippen MR) is 107 cm³/mol. The van der Waals surface area contributed by atoms with Crippen molar-refractivity contribution >= 4 is 11.4 Å². The van der Waals surface area contributed by atoms with Gasteiger partial charge in [0.1, 0.15) is 6.10 Å². The highest BCUT2D eigenvalue weighted by molar-refractivity contribution is 6.01. The minimum absolute atomic E-state index is 0.00920. The number of non-ortho nitro benzene ring substituents is 1. The minimum Gasteiger partial charge on any atom is -0.390 e. The van der Waals surface area contributed by atoms with Crippen LogP contribution in [0.25, 0.3) is 0 Å².